The number of hydrogen-bond acceptors (Lipinski definition) is 3. The second-order valence-corrected chi connectivity index (χ2v) is 6.35. The predicted molar refractivity (Wildman–Crippen MR) is 59.2 cm³/mol. The summed E-state index contributed by atoms with van der Waals surface area (Å²) in [5.74, 6) is 1.82. The summed E-state index contributed by atoms with van der Waals surface area (Å²) in [4.78, 5) is 11.8. The number of carbonyl (C=O) groups is 1. The molecule has 2 N–H and O–H groups in total. The van der Waals surface area contributed by atoms with E-state index in [1.54, 1.807) is 0 Å². The molecule has 1 amide bonds. The molecule has 1 heterocycles. The van der Waals surface area contributed by atoms with Crippen LogP contribution in [-0.2, 0) is 4.79 Å². The number of nitrogens with one attached hydrogen (secondary N) is 2. The van der Waals surface area contributed by atoms with Crippen molar-refractivity contribution in [3.8, 4) is 0 Å². The Balaban J connectivity index is 1.83. The largest absolute Gasteiger partial charge is 0.354 e. The lowest BCUT2D eigenvalue weighted by Gasteiger charge is -2.24. The zero-order chi connectivity index (χ0) is 10.2. The molecule has 4 heteroatoms. The highest BCUT2D eigenvalue weighted by atomic mass is 32.2. The SMILES string of the molecule is CC1(C)SCNC1C(=O)NCC1CC1. The molecule has 1 saturated heterocycles. The van der Waals surface area contributed by atoms with E-state index in [1.165, 1.54) is 12.8 Å². The van der Waals surface area contributed by atoms with Gasteiger partial charge in [-0.2, -0.15) is 0 Å². The van der Waals surface area contributed by atoms with Gasteiger partial charge in [-0.05, 0) is 32.6 Å². The summed E-state index contributed by atoms with van der Waals surface area (Å²) in [6.07, 6.45) is 2.58. The van der Waals surface area contributed by atoms with Crippen LogP contribution in [0.1, 0.15) is 26.7 Å². The molecule has 80 valence electrons. The lowest BCUT2D eigenvalue weighted by Crippen LogP contribution is -2.49. The third-order valence-electron chi connectivity index (χ3n) is 2.95. The van der Waals surface area contributed by atoms with Crippen molar-refractivity contribution in [3.63, 3.8) is 0 Å². The average Bonchev–Trinajstić information content (AvgIpc) is 2.86. The first-order valence-corrected chi connectivity index (χ1v) is 6.23. The molecule has 0 aromatic heterocycles. The molecule has 0 radical (unpaired) electrons. The van der Waals surface area contributed by atoms with Gasteiger partial charge in [-0.3, -0.25) is 10.1 Å². The lowest BCUT2D eigenvalue weighted by atomic mass is 10.0. The van der Waals surface area contributed by atoms with Gasteiger partial charge in [-0.1, -0.05) is 0 Å². The van der Waals surface area contributed by atoms with E-state index in [-0.39, 0.29) is 16.7 Å². The molecule has 2 rings (SSSR count). The second-order valence-electron chi connectivity index (χ2n) is 4.72. The summed E-state index contributed by atoms with van der Waals surface area (Å²) in [6, 6.07) is -0.0220. The Bertz CT molecular complexity index is 238. The Hall–Kier alpha value is -0.220. The van der Waals surface area contributed by atoms with Crippen LogP contribution in [-0.4, -0.2) is 29.1 Å². The zero-order valence-electron chi connectivity index (χ0n) is 8.80. The first-order valence-electron chi connectivity index (χ1n) is 5.24. The minimum absolute atomic E-state index is 0.0220. The van der Waals surface area contributed by atoms with Crippen molar-refractivity contribution in [2.75, 3.05) is 12.4 Å². The summed E-state index contributed by atoms with van der Waals surface area (Å²) >= 11 is 1.81. The van der Waals surface area contributed by atoms with Gasteiger partial charge in [0.25, 0.3) is 0 Å². The molecule has 1 unspecified atom stereocenters. The molecule has 0 aromatic rings. The minimum Gasteiger partial charge on any atom is -0.354 e. The molecule has 3 nitrogen and oxygen atoms in total. The quantitative estimate of drug-likeness (QED) is 0.735. The molecule has 2 aliphatic rings. The molecule has 2 fully saturated rings. The van der Waals surface area contributed by atoms with E-state index in [0.29, 0.717) is 0 Å². The van der Waals surface area contributed by atoms with Crippen molar-refractivity contribution in [2.45, 2.75) is 37.5 Å². The summed E-state index contributed by atoms with van der Waals surface area (Å²) in [7, 11) is 0. The van der Waals surface area contributed by atoms with Crippen LogP contribution < -0.4 is 10.6 Å². The van der Waals surface area contributed by atoms with Crippen LogP contribution >= 0.6 is 11.8 Å². The molecule has 14 heavy (non-hydrogen) atoms. The number of carbonyl (C=O) groups excluding carboxylic acids is 1. The standard InChI is InChI=1S/C10H18N2OS/c1-10(2)8(12-6-14-10)9(13)11-5-7-3-4-7/h7-8,12H,3-6H2,1-2H3,(H,11,13). The molecular formula is C10H18N2OS. The van der Waals surface area contributed by atoms with Crippen LogP contribution in [0.15, 0.2) is 0 Å². The molecule has 1 saturated carbocycles. The Morgan fingerprint density at radius 3 is 2.79 bits per heavy atom. The molecule has 0 bridgehead atoms. The van der Waals surface area contributed by atoms with E-state index in [0.717, 1.165) is 18.3 Å². The zero-order valence-corrected chi connectivity index (χ0v) is 9.62. The molecule has 0 spiro atoms. The van der Waals surface area contributed by atoms with Crippen LogP contribution in [0.3, 0.4) is 0 Å². The summed E-state index contributed by atoms with van der Waals surface area (Å²) in [5, 5.41) is 6.27. The Morgan fingerprint density at radius 1 is 1.57 bits per heavy atom. The van der Waals surface area contributed by atoms with Gasteiger partial charge in [0.15, 0.2) is 0 Å². The highest BCUT2D eigenvalue weighted by Gasteiger charge is 2.40. The molecule has 1 atom stereocenters. The van der Waals surface area contributed by atoms with Crippen molar-refractivity contribution in [2.24, 2.45) is 5.92 Å². The van der Waals surface area contributed by atoms with E-state index >= 15 is 0 Å². The van der Waals surface area contributed by atoms with Crippen molar-refractivity contribution >= 4 is 17.7 Å². The maximum atomic E-state index is 11.8. The minimum atomic E-state index is -0.0220. The highest BCUT2D eigenvalue weighted by molar-refractivity contribution is 8.00. The predicted octanol–water partition coefficient (Wildman–Crippen LogP) is 0.954. The normalized spacial score (nSPS) is 30.3. The molecule has 1 aliphatic heterocycles. The van der Waals surface area contributed by atoms with Crippen LogP contribution in [0.25, 0.3) is 0 Å². The smallest absolute Gasteiger partial charge is 0.238 e. The van der Waals surface area contributed by atoms with Gasteiger partial charge in [0.2, 0.25) is 5.91 Å². The van der Waals surface area contributed by atoms with E-state index in [1.807, 2.05) is 11.8 Å². The van der Waals surface area contributed by atoms with Gasteiger partial charge in [-0.25, -0.2) is 0 Å². The lowest BCUT2D eigenvalue weighted by molar-refractivity contribution is -0.123. The van der Waals surface area contributed by atoms with Gasteiger partial charge in [0.05, 0.1) is 0 Å². The highest BCUT2D eigenvalue weighted by Crippen LogP contribution is 2.33. The van der Waals surface area contributed by atoms with Crippen molar-refractivity contribution in [3.05, 3.63) is 0 Å². The van der Waals surface area contributed by atoms with Crippen LogP contribution in [0.5, 0.6) is 0 Å². The third kappa shape index (κ3) is 2.23. The fraction of sp³-hybridized carbons (Fsp3) is 0.900. The Kier molecular flexibility index (Phi) is 2.75. The average molecular weight is 214 g/mol. The van der Waals surface area contributed by atoms with E-state index in [2.05, 4.69) is 24.5 Å². The first-order chi connectivity index (χ1) is 6.59. The topological polar surface area (TPSA) is 41.1 Å². The van der Waals surface area contributed by atoms with Crippen LogP contribution in [0.2, 0.25) is 0 Å². The maximum Gasteiger partial charge on any atom is 0.238 e. The van der Waals surface area contributed by atoms with Crippen molar-refractivity contribution in [1.82, 2.24) is 10.6 Å². The van der Waals surface area contributed by atoms with Crippen molar-refractivity contribution in [1.29, 1.82) is 0 Å². The van der Waals surface area contributed by atoms with Crippen molar-refractivity contribution < 1.29 is 4.79 Å². The number of amides is 1. The Morgan fingerprint density at radius 2 is 2.29 bits per heavy atom. The fourth-order valence-electron chi connectivity index (χ4n) is 1.72. The summed E-state index contributed by atoms with van der Waals surface area (Å²) < 4.78 is 0.0354. The van der Waals surface area contributed by atoms with Gasteiger partial charge in [0.1, 0.15) is 6.04 Å². The second kappa shape index (κ2) is 3.74. The number of thioether (sulfide) groups is 1. The van der Waals surface area contributed by atoms with E-state index in [9.17, 15) is 4.79 Å². The van der Waals surface area contributed by atoms with Gasteiger partial charge < -0.3 is 5.32 Å². The Labute approximate surface area is 89.4 Å². The van der Waals surface area contributed by atoms with Gasteiger partial charge >= 0.3 is 0 Å². The van der Waals surface area contributed by atoms with Crippen LogP contribution in [0, 0.1) is 5.92 Å². The first kappa shape index (κ1) is 10.3. The van der Waals surface area contributed by atoms with E-state index < -0.39 is 0 Å². The van der Waals surface area contributed by atoms with E-state index in [4.69, 9.17) is 0 Å². The monoisotopic (exact) mass is 214 g/mol. The fourth-order valence-corrected chi connectivity index (χ4v) is 2.70. The third-order valence-corrected chi connectivity index (χ3v) is 4.24. The molecule has 0 aromatic carbocycles. The summed E-state index contributed by atoms with van der Waals surface area (Å²) in [6.45, 7) is 5.12. The number of rotatable bonds is 3. The van der Waals surface area contributed by atoms with Gasteiger partial charge in [0, 0.05) is 17.2 Å². The maximum absolute atomic E-state index is 11.8. The summed E-state index contributed by atoms with van der Waals surface area (Å²) in [5.41, 5.74) is 0. The molecular weight excluding hydrogens is 196 g/mol. The van der Waals surface area contributed by atoms with Crippen LogP contribution in [0.4, 0.5) is 0 Å². The number of hydrogen-bond donors (Lipinski definition) is 2. The molecule has 1 aliphatic carbocycles. The van der Waals surface area contributed by atoms with Gasteiger partial charge in [-0.15, -0.1) is 11.8 Å².